The minimum atomic E-state index is 0.739. The summed E-state index contributed by atoms with van der Waals surface area (Å²) in [4.78, 5) is 2.61. The van der Waals surface area contributed by atoms with E-state index in [2.05, 4.69) is 30.3 Å². The zero-order valence-electron chi connectivity index (χ0n) is 9.75. The standard InChI is InChI=1S/C11H24N2S/c1-4-5-11-9-13(7-6-12-11)8-10(2)14-3/h10-12H,4-9H2,1-3H3. The summed E-state index contributed by atoms with van der Waals surface area (Å²) < 4.78 is 0. The van der Waals surface area contributed by atoms with Gasteiger partial charge in [-0.2, -0.15) is 11.8 Å². The molecule has 1 aliphatic rings. The molecule has 14 heavy (non-hydrogen) atoms. The largest absolute Gasteiger partial charge is 0.311 e. The van der Waals surface area contributed by atoms with E-state index in [9.17, 15) is 0 Å². The summed E-state index contributed by atoms with van der Waals surface area (Å²) in [6.07, 6.45) is 4.82. The Bertz CT molecular complexity index is 150. The minimum absolute atomic E-state index is 0.739. The van der Waals surface area contributed by atoms with Gasteiger partial charge < -0.3 is 5.32 Å². The summed E-state index contributed by atoms with van der Waals surface area (Å²) >= 11 is 1.97. The quantitative estimate of drug-likeness (QED) is 0.754. The Kier molecular flexibility index (Phi) is 5.90. The highest BCUT2D eigenvalue weighted by Gasteiger charge is 2.19. The van der Waals surface area contributed by atoms with Gasteiger partial charge >= 0.3 is 0 Å². The van der Waals surface area contributed by atoms with E-state index in [-0.39, 0.29) is 0 Å². The summed E-state index contributed by atoms with van der Waals surface area (Å²) in [6, 6.07) is 0.739. The molecule has 1 aliphatic heterocycles. The fraction of sp³-hybridized carbons (Fsp3) is 1.00. The summed E-state index contributed by atoms with van der Waals surface area (Å²) in [5.41, 5.74) is 0. The molecule has 0 saturated carbocycles. The molecule has 0 bridgehead atoms. The van der Waals surface area contributed by atoms with Crippen LogP contribution >= 0.6 is 11.8 Å². The maximum Gasteiger partial charge on any atom is 0.0195 e. The van der Waals surface area contributed by atoms with E-state index in [1.165, 1.54) is 39.0 Å². The molecule has 0 amide bonds. The van der Waals surface area contributed by atoms with Crippen molar-refractivity contribution in [3.8, 4) is 0 Å². The van der Waals surface area contributed by atoms with Crippen LogP contribution in [-0.2, 0) is 0 Å². The van der Waals surface area contributed by atoms with Crippen LogP contribution in [0.5, 0.6) is 0 Å². The first-order valence-corrected chi connectivity index (χ1v) is 7.03. The maximum absolute atomic E-state index is 3.59. The number of nitrogens with zero attached hydrogens (tertiary/aromatic N) is 1. The summed E-state index contributed by atoms with van der Waals surface area (Å²) in [7, 11) is 0. The number of rotatable bonds is 5. The molecule has 84 valence electrons. The molecular formula is C11H24N2S. The smallest absolute Gasteiger partial charge is 0.0195 e. The first-order valence-electron chi connectivity index (χ1n) is 5.74. The number of hydrogen-bond acceptors (Lipinski definition) is 3. The van der Waals surface area contributed by atoms with E-state index < -0.39 is 0 Å². The molecule has 1 N–H and O–H groups in total. The lowest BCUT2D eigenvalue weighted by molar-refractivity contribution is 0.196. The Morgan fingerprint density at radius 3 is 3.00 bits per heavy atom. The first-order chi connectivity index (χ1) is 6.76. The van der Waals surface area contributed by atoms with E-state index in [0.29, 0.717) is 0 Å². The molecule has 2 nitrogen and oxygen atoms in total. The molecule has 0 aromatic rings. The van der Waals surface area contributed by atoms with E-state index in [1.807, 2.05) is 11.8 Å². The molecule has 0 radical (unpaired) electrons. The number of nitrogens with one attached hydrogen (secondary N) is 1. The highest BCUT2D eigenvalue weighted by atomic mass is 32.2. The Labute approximate surface area is 92.8 Å². The molecule has 0 aromatic carbocycles. The van der Waals surface area contributed by atoms with Crippen molar-refractivity contribution in [2.24, 2.45) is 0 Å². The third-order valence-corrected chi connectivity index (χ3v) is 3.85. The van der Waals surface area contributed by atoms with Crippen LogP contribution in [-0.4, -0.2) is 48.6 Å². The lowest BCUT2D eigenvalue weighted by Gasteiger charge is -2.34. The van der Waals surface area contributed by atoms with Crippen LogP contribution in [0, 0.1) is 0 Å². The van der Waals surface area contributed by atoms with Gasteiger partial charge in [-0.25, -0.2) is 0 Å². The minimum Gasteiger partial charge on any atom is -0.311 e. The second-order valence-electron chi connectivity index (χ2n) is 4.25. The lowest BCUT2D eigenvalue weighted by Crippen LogP contribution is -2.51. The van der Waals surface area contributed by atoms with Crippen LogP contribution in [0.25, 0.3) is 0 Å². The predicted octanol–water partition coefficient (Wildman–Crippen LogP) is 1.81. The normalized spacial score (nSPS) is 26.4. The predicted molar refractivity (Wildman–Crippen MR) is 66.1 cm³/mol. The highest BCUT2D eigenvalue weighted by molar-refractivity contribution is 7.99. The van der Waals surface area contributed by atoms with Gasteiger partial charge in [-0.1, -0.05) is 20.3 Å². The number of piperazine rings is 1. The van der Waals surface area contributed by atoms with E-state index >= 15 is 0 Å². The highest BCUT2D eigenvalue weighted by Crippen LogP contribution is 2.10. The van der Waals surface area contributed by atoms with Crippen molar-refractivity contribution in [1.29, 1.82) is 0 Å². The van der Waals surface area contributed by atoms with E-state index in [1.54, 1.807) is 0 Å². The zero-order valence-corrected chi connectivity index (χ0v) is 10.6. The maximum atomic E-state index is 3.59. The Hall–Kier alpha value is 0.270. The van der Waals surface area contributed by atoms with Crippen molar-refractivity contribution in [1.82, 2.24) is 10.2 Å². The molecule has 3 heteroatoms. The first kappa shape index (κ1) is 12.3. The van der Waals surface area contributed by atoms with Gasteiger partial charge in [0.25, 0.3) is 0 Å². The lowest BCUT2D eigenvalue weighted by atomic mass is 10.1. The van der Waals surface area contributed by atoms with Gasteiger partial charge in [-0.15, -0.1) is 0 Å². The molecule has 2 unspecified atom stereocenters. The molecule has 0 aromatic heterocycles. The monoisotopic (exact) mass is 216 g/mol. The summed E-state index contributed by atoms with van der Waals surface area (Å²) in [5.74, 6) is 0. The number of thioether (sulfide) groups is 1. The zero-order chi connectivity index (χ0) is 10.4. The van der Waals surface area contributed by atoms with Crippen molar-refractivity contribution in [3.05, 3.63) is 0 Å². The van der Waals surface area contributed by atoms with Gasteiger partial charge in [0, 0.05) is 37.5 Å². The van der Waals surface area contributed by atoms with E-state index in [4.69, 9.17) is 0 Å². The average molecular weight is 216 g/mol. The van der Waals surface area contributed by atoms with Gasteiger partial charge in [0.05, 0.1) is 0 Å². The van der Waals surface area contributed by atoms with E-state index in [0.717, 1.165) is 11.3 Å². The van der Waals surface area contributed by atoms with Crippen molar-refractivity contribution >= 4 is 11.8 Å². The molecule has 1 heterocycles. The molecule has 1 saturated heterocycles. The van der Waals surface area contributed by atoms with Gasteiger partial charge in [0.2, 0.25) is 0 Å². The summed E-state index contributed by atoms with van der Waals surface area (Å²) in [6.45, 7) is 9.49. The molecular weight excluding hydrogens is 192 g/mol. The third-order valence-electron chi connectivity index (χ3n) is 2.89. The topological polar surface area (TPSA) is 15.3 Å². The van der Waals surface area contributed by atoms with Gasteiger partial charge in [0.15, 0.2) is 0 Å². The molecule has 1 fully saturated rings. The van der Waals surface area contributed by atoms with Crippen molar-refractivity contribution in [2.75, 3.05) is 32.4 Å². The van der Waals surface area contributed by atoms with Crippen LogP contribution in [0.15, 0.2) is 0 Å². The van der Waals surface area contributed by atoms with Crippen molar-refractivity contribution in [3.63, 3.8) is 0 Å². The fourth-order valence-electron chi connectivity index (χ4n) is 2.04. The Morgan fingerprint density at radius 2 is 2.36 bits per heavy atom. The van der Waals surface area contributed by atoms with Crippen LogP contribution < -0.4 is 5.32 Å². The van der Waals surface area contributed by atoms with Crippen molar-refractivity contribution < 1.29 is 0 Å². The molecule has 1 rings (SSSR count). The molecule has 2 atom stereocenters. The van der Waals surface area contributed by atoms with Crippen LogP contribution in [0.3, 0.4) is 0 Å². The third kappa shape index (κ3) is 4.20. The second-order valence-corrected chi connectivity index (χ2v) is 5.52. The van der Waals surface area contributed by atoms with Gasteiger partial charge in [0.1, 0.15) is 0 Å². The molecule has 0 aliphatic carbocycles. The second kappa shape index (κ2) is 6.70. The molecule has 0 spiro atoms. The summed E-state index contributed by atoms with van der Waals surface area (Å²) in [5, 5.41) is 4.37. The average Bonchev–Trinajstić information content (AvgIpc) is 2.19. The van der Waals surface area contributed by atoms with Gasteiger partial charge in [-0.05, 0) is 12.7 Å². The van der Waals surface area contributed by atoms with Gasteiger partial charge in [-0.3, -0.25) is 4.90 Å². The fourth-order valence-corrected chi connectivity index (χ4v) is 2.40. The van der Waals surface area contributed by atoms with Crippen molar-refractivity contribution in [2.45, 2.75) is 38.0 Å². The van der Waals surface area contributed by atoms with Crippen LogP contribution in [0.2, 0.25) is 0 Å². The number of hydrogen-bond donors (Lipinski definition) is 1. The Morgan fingerprint density at radius 1 is 1.57 bits per heavy atom. The SMILES string of the molecule is CCCC1CN(CC(C)SC)CCN1. The van der Waals surface area contributed by atoms with Crippen LogP contribution in [0.4, 0.5) is 0 Å². The Balaban J connectivity index is 2.25. The van der Waals surface area contributed by atoms with Crippen LogP contribution in [0.1, 0.15) is 26.7 Å².